The van der Waals surface area contributed by atoms with Gasteiger partial charge in [-0.3, -0.25) is 0 Å². The molecule has 0 aliphatic heterocycles. The Kier molecular flexibility index (Phi) is 3.88. The van der Waals surface area contributed by atoms with E-state index < -0.39 is 12.1 Å². The molecule has 0 fully saturated rings. The van der Waals surface area contributed by atoms with Gasteiger partial charge in [-0.05, 0) is 12.1 Å². The third-order valence-electron chi connectivity index (χ3n) is 1.62. The maximum atomic E-state index is 11.2. The van der Waals surface area contributed by atoms with Crippen LogP contribution in [0.2, 0.25) is 0 Å². The quantitative estimate of drug-likeness (QED) is 0.447. The highest BCUT2D eigenvalue weighted by Crippen LogP contribution is 2.09. The molecule has 0 amide bonds. The second-order valence-electron chi connectivity index (χ2n) is 2.77. The highest BCUT2D eigenvalue weighted by Gasteiger charge is 2.15. The number of carbonyl (C=O) groups excluding carboxylic acids is 1. The van der Waals surface area contributed by atoms with Crippen LogP contribution in [0.4, 0.5) is 0 Å². The molecule has 0 aliphatic rings. The van der Waals surface area contributed by atoms with E-state index >= 15 is 0 Å². The first-order chi connectivity index (χ1) is 6.74. The Labute approximate surface area is 82.6 Å². The largest absolute Gasteiger partial charge is 0.425 e. The van der Waals surface area contributed by atoms with Crippen molar-refractivity contribution < 1.29 is 14.6 Å². The van der Waals surface area contributed by atoms with Gasteiger partial charge >= 0.3 is 5.97 Å². The molecule has 1 aromatic rings. The van der Waals surface area contributed by atoms with Crippen LogP contribution in [0.15, 0.2) is 43.0 Å². The second-order valence-corrected chi connectivity index (χ2v) is 2.77. The van der Waals surface area contributed by atoms with Crippen LogP contribution in [0, 0.1) is 0 Å². The molecule has 1 N–H and O–H groups in total. The average Bonchev–Trinajstić information content (AvgIpc) is 2.19. The van der Waals surface area contributed by atoms with E-state index in [0.29, 0.717) is 5.75 Å². The normalized spacial score (nSPS) is 11.8. The molecule has 0 bridgehead atoms. The van der Waals surface area contributed by atoms with E-state index in [1.165, 1.54) is 6.08 Å². The predicted octanol–water partition coefficient (Wildman–Crippen LogP) is 1.53. The average molecular weight is 192 g/mol. The fraction of sp³-hybridized carbons (Fsp3) is 0.182. The maximum Gasteiger partial charge on any atom is 0.340 e. The second kappa shape index (κ2) is 5.19. The van der Waals surface area contributed by atoms with Crippen molar-refractivity contribution in [2.75, 3.05) is 0 Å². The first kappa shape index (κ1) is 10.5. The molecule has 1 aromatic carbocycles. The fourth-order valence-electron chi connectivity index (χ4n) is 0.927. The third kappa shape index (κ3) is 3.03. The molecule has 0 saturated carbocycles. The van der Waals surface area contributed by atoms with E-state index in [2.05, 4.69) is 6.58 Å². The van der Waals surface area contributed by atoms with Crippen LogP contribution in [-0.2, 0) is 4.79 Å². The van der Waals surface area contributed by atoms with Crippen LogP contribution in [0.1, 0.15) is 6.42 Å². The molecule has 3 heteroatoms. The summed E-state index contributed by atoms with van der Waals surface area (Å²) in [5.74, 6) is -0.225. The number of esters is 1. The van der Waals surface area contributed by atoms with E-state index in [1.807, 2.05) is 6.07 Å². The van der Waals surface area contributed by atoms with Gasteiger partial charge in [0.15, 0.2) is 6.10 Å². The Morgan fingerprint density at radius 3 is 2.71 bits per heavy atom. The summed E-state index contributed by atoms with van der Waals surface area (Å²) >= 11 is 0. The van der Waals surface area contributed by atoms with Crippen LogP contribution in [0.5, 0.6) is 5.75 Å². The highest BCUT2D eigenvalue weighted by molar-refractivity contribution is 5.77. The van der Waals surface area contributed by atoms with Gasteiger partial charge < -0.3 is 9.84 Å². The zero-order valence-electron chi connectivity index (χ0n) is 7.72. The Morgan fingerprint density at radius 1 is 1.50 bits per heavy atom. The van der Waals surface area contributed by atoms with E-state index in [9.17, 15) is 9.90 Å². The van der Waals surface area contributed by atoms with Gasteiger partial charge in [0.2, 0.25) is 0 Å². The summed E-state index contributed by atoms with van der Waals surface area (Å²) < 4.78 is 4.89. The number of hydrogen-bond donors (Lipinski definition) is 1. The molecule has 1 rings (SSSR count). The first-order valence-corrected chi connectivity index (χ1v) is 4.29. The molecule has 0 spiro atoms. The van der Waals surface area contributed by atoms with E-state index in [-0.39, 0.29) is 6.42 Å². The van der Waals surface area contributed by atoms with Crippen LogP contribution in [0.3, 0.4) is 0 Å². The lowest BCUT2D eigenvalue weighted by atomic mass is 10.2. The van der Waals surface area contributed by atoms with E-state index in [0.717, 1.165) is 0 Å². The van der Waals surface area contributed by atoms with Crippen molar-refractivity contribution in [3.05, 3.63) is 43.0 Å². The summed E-state index contributed by atoms with van der Waals surface area (Å²) in [6, 6.07) is 8.62. The van der Waals surface area contributed by atoms with E-state index in [4.69, 9.17) is 4.74 Å². The Hall–Kier alpha value is -1.61. The van der Waals surface area contributed by atoms with Crippen molar-refractivity contribution in [2.45, 2.75) is 12.5 Å². The number of rotatable bonds is 4. The molecule has 14 heavy (non-hydrogen) atoms. The molecular weight excluding hydrogens is 180 g/mol. The standard InChI is InChI=1S/C11H12O3/c1-2-6-10(12)11(13)14-9-7-4-3-5-8-9/h2-5,7-8,10,12H,1,6H2. The Bertz CT molecular complexity index is 306. The predicted molar refractivity (Wildman–Crippen MR) is 52.9 cm³/mol. The fourth-order valence-corrected chi connectivity index (χ4v) is 0.927. The van der Waals surface area contributed by atoms with Gasteiger partial charge in [-0.25, -0.2) is 4.79 Å². The molecule has 0 aromatic heterocycles. The summed E-state index contributed by atoms with van der Waals surface area (Å²) in [5, 5.41) is 9.23. The molecule has 0 radical (unpaired) electrons. The lowest BCUT2D eigenvalue weighted by Crippen LogP contribution is -2.24. The van der Waals surface area contributed by atoms with Gasteiger partial charge in [0.05, 0.1) is 0 Å². The number of ether oxygens (including phenoxy) is 1. The maximum absolute atomic E-state index is 11.2. The summed E-state index contributed by atoms with van der Waals surface area (Å²) in [4.78, 5) is 11.2. The van der Waals surface area contributed by atoms with Crippen molar-refractivity contribution in [3.8, 4) is 5.75 Å². The first-order valence-electron chi connectivity index (χ1n) is 4.29. The van der Waals surface area contributed by atoms with Gasteiger partial charge in [-0.2, -0.15) is 0 Å². The molecule has 0 heterocycles. The molecule has 0 aliphatic carbocycles. The highest BCUT2D eigenvalue weighted by atomic mass is 16.5. The van der Waals surface area contributed by atoms with Crippen LogP contribution in [0.25, 0.3) is 0 Å². The topological polar surface area (TPSA) is 46.5 Å². The number of aliphatic hydroxyl groups is 1. The van der Waals surface area contributed by atoms with Crippen molar-refractivity contribution >= 4 is 5.97 Å². The molecule has 74 valence electrons. The van der Waals surface area contributed by atoms with E-state index in [1.54, 1.807) is 24.3 Å². The van der Waals surface area contributed by atoms with Gasteiger partial charge in [0, 0.05) is 6.42 Å². The number of hydrogen-bond acceptors (Lipinski definition) is 3. The summed E-state index contributed by atoms with van der Waals surface area (Å²) in [6.45, 7) is 3.42. The van der Waals surface area contributed by atoms with Crippen LogP contribution < -0.4 is 4.74 Å². The van der Waals surface area contributed by atoms with Crippen LogP contribution in [-0.4, -0.2) is 17.2 Å². The summed E-state index contributed by atoms with van der Waals surface area (Å²) in [7, 11) is 0. The molecule has 1 atom stereocenters. The van der Waals surface area contributed by atoms with Gasteiger partial charge in [0.25, 0.3) is 0 Å². The minimum Gasteiger partial charge on any atom is -0.425 e. The van der Waals surface area contributed by atoms with Crippen LogP contribution >= 0.6 is 0 Å². The zero-order valence-corrected chi connectivity index (χ0v) is 7.72. The van der Waals surface area contributed by atoms with Crippen molar-refractivity contribution in [1.82, 2.24) is 0 Å². The number of benzene rings is 1. The Morgan fingerprint density at radius 2 is 2.14 bits per heavy atom. The molecule has 1 unspecified atom stereocenters. The number of carbonyl (C=O) groups is 1. The summed E-state index contributed by atoms with van der Waals surface area (Å²) in [6.07, 6.45) is 0.537. The Balaban J connectivity index is 2.53. The minimum atomic E-state index is -1.13. The molecular formula is C11H12O3. The number of aliphatic hydroxyl groups excluding tert-OH is 1. The number of para-hydroxylation sites is 1. The van der Waals surface area contributed by atoms with Gasteiger partial charge in [0.1, 0.15) is 5.75 Å². The van der Waals surface area contributed by atoms with Crippen molar-refractivity contribution in [1.29, 1.82) is 0 Å². The smallest absolute Gasteiger partial charge is 0.340 e. The molecule has 0 saturated heterocycles. The molecule has 3 nitrogen and oxygen atoms in total. The lowest BCUT2D eigenvalue weighted by molar-refractivity contribution is -0.143. The van der Waals surface area contributed by atoms with Gasteiger partial charge in [-0.1, -0.05) is 24.3 Å². The third-order valence-corrected chi connectivity index (χ3v) is 1.62. The van der Waals surface area contributed by atoms with Gasteiger partial charge in [-0.15, -0.1) is 6.58 Å². The van der Waals surface area contributed by atoms with Crippen molar-refractivity contribution in [3.63, 3.8) is 0 Å². The van der Waals surface area contributed by atoms with Crippen molar-refractivity contribution in [2.24, 2.45) is 0 Å². The SMILES string of the molecule is C=CCC(O)C(=O)Oc1ccccc1. The lowest BCUT2D eigenvalue weighted by Gasteiger charge is -2.07. The summed E-state index contributed by atoms with van der Waals surface area (Å²) in [5.41, 5.74) is 0. The monoisotopic (exact) mass is 192 g/mol. The minimum absolute atomic E-state index is 0.200. The zero-order chi connectivity index (χ0) is 10.4.